The van der Waals surface area contributed by atoms with Crippen LogP contribution in [0.4, 0.5) is 5.69 Å². The van der Waals surface area contributed by atoms with Crippen LogP contribution in [0.25, 0.3) is 0 Å². The fraction of sp³-hybridized carbons (Fsp3) is 0.364. The normalized spacial score (nSPS) is 13.8. The van der Waals surface area contributed by atoms with Crippen LogP contribution in [0.5, 0.6) is 0 Å². The maximum absolute atomic E-state index is 12.5. The van der Waals surface area contributed by atoms with Crippen molar-refractivity contribution >= 4 is 52.3 Å². The molecule has 1 saturated heterocycles. The van der Waals surface area contributed by atoms with E-state index in [1.165, 1.54) is 12.0 Å². The summed E-state index contributed by atoms with van der Waals surface area (Å²) in [6.45, 7) is 2.51. The number of benzene rings is 2. The highest BCUT2D eigenvalue weighted by molar-refractivity contribution is 7.98. The molecule has 0 aromatic heterocycles. The van der Waals surface area contributed by atoms with E-state index in [0.717, 1.165) is 60.3 Å². The van der Waals surface area contributed by atoms with Crippen molar-refractivity contribution in [3.8, 4) is 0 Å². The summed E-state index contributed by atoms with van der Waals surface area (Å²) in [6, 6.07) is 15.5. The molecule has 0 spiro atoms. The van der Waals surface area contributed by atoms with E-state index in [1.807, 2.05) is 59.1 Å². The monoisotopic (exact) mass is 447 g/mol. The molecule has 4 nitrogen and oxygen atoms in total. The Balaban J connectivity index is 1.36. The molecule has 2 N–H and O–H groups in total. The standard InChI is InChI=1S/C22H26ClN3OS2/c23-19-6-4-5-17(15-19)16-29-14-11-24-22(28)25-20-9-7-18(8-10-20)21(27)26-12-2-1-3-13-26/h4-10,15H,1-3,11-14,16H2,(H2,24,25,28). The van der Waals surface area contributed by atoms with Crippen molar-refractivity contribution in [2.75, 3.05) is 30.7 Å². The van der Waals surface area contributed by atoms with Gasteiger partial charge in [0.15, 0.2) is 5.11 Å². The number of carbonyl (C=O) groups is 1. The summed E-state index contributed by atoms with van der Waals surface area (Å²) in [5, 5.41) is 7.75. The topological polar surface area (TPSA) is 44.4 Å². The zero-order valence-electron chi connectivity index (χ0n) is 16.3. The lowest BCUT2D eigenvalue weighted by atomic mass is 10.1. The molecule has 0 bridgehead atoms. The summed E-state index contributed by atoms with van der Waals surface area (Å²) in [4.78, 5) is 14.5. The molecular formula is C22H26ClN3OS2. The number of nitrogens with zero attached hydrogens (tertiary/aromatic N) is 1. The molecule has 1 fully saturated rings. The third-order valence-corrected chi connectivity index (χ3v) is 6.23. The Bertz CT molecular complexity index is 823. The fourth-order valence-corrected chi connectivity index (χ4v) is 4.44. The summed E-state index contributed by atoms with van der Waals surface area (Å²) >= 11 is 13.2. The summed E-state index contributed by atoms with van der Waals surface area (Å²) in [7, 11) is 0. The number of hydrogen-bond acceptors (Lipinski definition) is 3. The van der Waals surface area contributed by atoms with Crippen molar-refractivity contribution in [1.29, 1.82) is 0 Å². The quantitative estimate of drug-likeness (QED) is 0.452. The lowest BCUT2D eigenvalue weighted by Gasteiger charge is -2.26. The molecule has 1 aliphatic rings. The number of carbonyl (C=O) groups excluding carboxylic acids is 1. The molecule has 2 aromatic carbocycles. The molecule has 1 amide bonds. The van der Waals surface area contributed by atoms with Gasteiger partial charge in [0.1, 0.15) is 0 Å². The van der Waals surface area contributed by atoms with Crippen LogP contribution in [0.3, 0.4) is 0 Å². The van der Waals surface area contributed by atoms with Crippen LogP contribution in [-0.4, -0.2) is 41.3 Å². The summed E-state index contributed by atoms with van der Waals surface area (Å²) in [5.74, 6) is 1.99. The zero-order valence-corrected chi connectivity index (χ0v) is 18.7. The van der Waals surface area contributed by atoms with Gasteiger partial charge >= 0.3 is 0 Å². The predicted molar refractivity (Wildman–Crippen MR) is 128 cm³/mol. The molecule has 0 atom stereocenters. The zero-order chi connectivity index (χ0) is 20.5. The van der Waals surface area contributed by atoms with Crippen molar-refractivity contribution in [3.05, 3.63) is 64.7 Å². The molecule has 29 heavy (non-hydrogen) atoms. The van der Waals surface area contributed by atoms with Gasteiger partial charge in [-0.2, -0.15) is 11.8 Å². The van der Waals surface area contributed by atoms with Gasteiger partial charge in [0, 0.05) is 47.4 Å². The SMILES string of the molecule is O=C(c1ccc(NC(=S)NCCSCc2cccc(Cl)c2)cc1)N1CCCCC1. The van der Waals surface area contributed by atoms with Gasteiger partial charge in [-0.25, -0.2) is 0 Å². The molecule has 1 aliphatic heterocycles. The average Bonchev–Trinajstić information content (AvgIpc) is 2.74. The van der Waals surface area contributed by atoms with Crippen LogP contribution in [-0.2, 0) is 5.75 Å². The Hall–Kier alpha value is -1.76. The van der Waals surface area contributed by atoms with Crippen LogP contribution in [0.15, 0.2) is 48.5 Å². The highest BCUT2D eigenvalue weighted by Gasteiger charge is 2.17. The molecule has 0 saturated carbocycles. The smallest absolute Gasteiger partial charge is 0.253 e. The van der Waals surface area contributed by atoms with Crippen LogP contribution >= 0.6 is 35.6 Å². The molecule has 0 unspecified atom stereocenters. The second-order valence-electron chi connectivity index (χ2n) is 6.99. The maximum atomic E-state index is 12.5. The van der Waals surface area contributed by atoms with E-state index in [2.05, 4.69) is 16.7 Å². The minimum atomic E-state index is 0.119. The lowest BCUT2D eigenvalue weighted by Crippen LogP contribution is -2.35. The van der Waals surface area contributed by atoms with Crippen LogP contribution in [0, 0.1) is 0 Å². The van der Waals surface area contributed by atoms with Crippen LogP contribution in [0.1, 0.15) is 35.2 Å². The van der Waals surface area contributed by atoms with Gasteiger partial charge in [0.25, 0.3) is 5.91 Å². The molecule has 7 heteroatoms. The Morgan fingerprint density at radius 1 is 1.10 bits per heavy atom. The molecule has 2 aromatic rings. The van der Waals surface area contributed by atoms with E-state index in [-0.39, 0.29) is 5.91 Å². The molecule has 154 valence electrons. The predicted octanol–water partition coefficient (Wildman–Crippen LogP) is 5.19. The third kappa shape index (κ3) is 7.21. The number of rotatable bonds is 7. The highest BCUT2D eigenvalue weighted by atomic mass is 35.5. The Morgan fingerprint density at radius 2 is 1.86 bits per heavy atom. The second-order valence-corrected chi connectivity index (χ2v) is 8.94. The first kappa shape index (κ1) is 21.9. The van der Waals surface area contributed by atoms with E-state index < -0.39 is 0 Å². The van der Waals surface area contributed by atoms with Gasteiger partial charge in [0.2, 0.25) is 0 Å². The van der Waals surface area contributed by atoms with E-state index in [1.54, 1.807) is 0 Å². The fourth-order valence-electron chi connectivity index (χ4n) is 3.20. The number of piperidine rings is 1. The van der Waals surface area contributed by atoms with Gasteiger partial charge in [-0.05, 0) is 73.4 Å². The number of thiocarbonyl (C=S) groups is 1. The molecule has 0 aliphatic carbocycles. The number of anilines is 1. The number of thioether (sulfide) groups is 1. The molecular weight excluding hydrogens is 422 g/mol. The first-order valence-electron chi connectivity index (χ1n) is 9.88. The second kappa shape index (κ2) is 11.4. The van der Waals surface area contributed by atoms with Crippen molar-refractivity contribution in [1.82, 2.24) is 10.2 Å². The highest BCUT2D eigenvalue weighted by Crippen LogP contribution is 2.17. The van der Waals surface area contributed by atoms with E-state index in [9.17, 15) is 4.79 Å². The van der Waals surface area contributed by atoms with Crippen molar-refractivity contribution in [2.45, 2.75) is 25.0 Å². The minimum absolute atomic E-state index is 0.119. The van der Waals surface area contributed by atoms with Gasteiger partial charge < -0.3 is 15.5 Å². The number of halogens is 1. The molecule has 1 heterocycles. The van der Waals surface area contributed by atoms with Gasteiger partial charge in [-0.15, -0.1) is 0 Å². The number of nitrogens with one attached hydrogen (secondary N) is 2. The summed E-state index contributed by atoms with van der Waals surface area (Å²) in [6.07, 6.45) is 3.42. The third-order valence-electron chi connectivity index (χ3n) is 4.72. The largest absolute Gasteiger partial charge is 0.362 e. The van der Waals surface area contributed by atoms with Crippen molar-refractivity contribution < 1.29 is 4.79 Å². The Kier molecular flexibility index (Phi) is 8.65. The van der Waals surface area contributed by atoms with Crippen molar-refractivity contribution in [2.24, 2.45) is 0 Å². The first-order chi connectivity index (χ1) is 14.1. The first-order valence-corrected chi connectivity index (χ1v) is 11.8. The number of amides is 1. The van der Waals surface area contributed by atoms with Crippen molar-refractivity contribution in [3.63, 3.8) is 0 Å². The maximum Gasteiger partial charge on any atom is 0.253 e. The van der Waals surface area contributed by atoms with Crippen LogP contribution in [0.2, 0.25) is 5.02 Å². The number of hydrogen-bond donors (Lipinski definition) is 2. The van der Waals surface area contributed by atoms with E-state index in [0.29, 0.717) is 5.11 Å². The van der Waals surface area contributed by atoms with Gasteiger partial charge in [0.05, 0.1) is 0 Å². The average molecular weight is 448 g/mol. The summed E-state index contributed by atoms with van der Waals surface area (Å²) in [5.41, 5.74) is 2.83. The lowest BCUT2D eigenvalue weighted by molar-refractivity contribution is 0.0724. The summed E-state index contributed by atoms with van der Waals surface area (Å²) < 4.78 is 0. The number of likely N-dealkylation sites (tertiary alicyclic amines) is 1. The van der Waals surface area contributed by atoms with Gasteiger partial charge in [-0.3, -0.25) is 4.79 Å². The minimum Gasteiger partial charge on any atom is -0.362 e. The van der Waals surface area contributed by atoms with E-state index in [4.69, 9.17) is 23.8 Å². The van der Waals surface area contributed by atoms with Gasteiger partial charge in [-0.1, -0.05) is 23.7 Å². The Morgan fingerprint density at radius 3 is 2.59 bits per heavy atom. The Labute approximate surface area is 187 Å². The van der Waals surface area contributed by atoms with Crippen LogP contribution < -0.4 is 10.6 Å². The molecule has 3 rings (SSSR count). The van der Waals surface area contributed by atoms with E-state index >= 15 is 0 Å². The molecule has 0 radical (unpaired) electrons.